The number of nitrogens with zero attached hydrogens (tertiary/aromatic N) is 2. The highest BCUT2D eigenvalue weighted by Crippen LogP contribution is 2.12. The topological polar surface area (TPSA) is 59.0 Å². The van der Waals surface area contributed by atoms with Crippen molar-refractivity contribution in [3.05, 3.63) is 47.7 Å². The number of carbonyl (C=O) groups is 1. The fourth-order valence-electron chi connectivity index (χ4n) is 1.88. The Morgan fingerprint density at radius 3 is 2.79 bits per heavy atom. The van der Waals surface area contributed by atoms with Crippen molar-refractivity contribution < 1.29 is 4.79 Å². The largest absolute Gasteiger partial charge is 0.319 e. The number of benzene rings is 1. The molecule has 1 aromatic carbocycles. The Hall–Kier alpha value is -2.14. The summed E-state index contributed by atoms with van der Waals surface area (Å²) in [6.07, 6.45) is 2.62. The fourth-order valence-corrected chi connectivity index (χ4v) is 1.88. The predicted octanol–water partition coefficient (Wildman–Crippen LogP) is 1.43. The van der Waals surface area contributed by atoms with E-state index in [2.05, 4.69) is 15.7 Å². The zero-order valence-corrected chi connectivity index (χ0v) is 11.2. The molecule has 2 N–H and O–H groups in total. The highest BCUT2D eigenvalue weighted by molar-refractivity contribution is 6.04. The molecule has 0 atom stereocenters. The van der Waals surface area contributed by atoms with Crippen LogP contribution in [0.25, 0.3) is 0 Å². The van der Waals surface area contributed by atoms with E-state index in [1.54, 1.807) is 16.9 Å². The first kappa shape index (κ1) is 13.3. The van der Waals surface area contributed by atoms with Gasteiger partial charge >= 0.3 is 0 Å². The van der Waals surface area contributed by atoms with Gasteiger partial charge in [0.25, 0.3) is 5.91 Å². The fraction of sp³-hybridized carbons (Fsp3) is 0.286. The molecular formula is C14H18N4O. The predicted molar refractivity (Wildman–Crippen MR) is 75.2 cm³/mol. The smallest absolute Gasteiger partial charge is 0.257 e. The molecule has 0 aliphatic heterocycles. The first-order valence-electron chi connectivity index (χ1n) is 6.24. The van der Waals surface area contributed by atoms with Crippen LogP contribution in [0.4, 0.5) is 5.82 Å². The second-order valence-electron chi connectivity index (χ2n) is 4.34. The lowest BCUT2D eigenvalue weighted by Gasteiger charge is -2.08. The lowest BCUT2D eigenvalue weighted by Crippen LogP contribution is -2.17. The monoisotopic (exact) mass is 258 g/mol. The van der Waals surface area contributed by atoms with Gasteiger partial charge in [-0.1, -0.05) is 18.2 Å². The summed E-state index contributed by atoms with van der Waals surface area (Å²) in [7, 11) is 3.72. The van der Waals surface area contributed by atoms with Gasteiger partial charge in [0.2, 0.25) is 0 Å². The van der Waals surface area contributed by atoms with Crippen LogP contribution in [0.5, 0.6) is 0 Å². The van der Waals surface area contributed by atoms with Gasteiger partial charge in [0, 0.05) is 24.9 Å². The second-order valence-corrected chi connectivity index (χ2v) is 4.34. The third-order valence-electron chi connectivity index (χ3n) is 2.86. The zero-order chi connectivity index (χ0) is 13.7. The van der Waals surface area contributed by atoms with Crippen molar-refractivity contribution in [2.24, 2.45) is 7.05 Å². The molecular weight excluding hydrogens is 240 g/mol. The van der Waals surface area contributed by atoms with Crippen LogP contribution in [0.2, 0.25) is 0 Å². The van der Waals surface area contributed by atoms with Crippen LogP contribution in [0.15, 0.2) is 36.5 Å². The van der Waals surface area contributed by atoms with Gasteiger partial charge in [-0.25, -0.2) is 0 Å². The summed E-state index contributed by atoms with van der Waals surface area (Å²) in [5, 5.41) is 10.0. The van der Waals surface area contributed by atoms with Crippen LogP contribution >= 0.6 is 0 Å². The van der Waals surface area contributed by atoms with Gasteiger partial charge in [-0.05, 0) is 31.6 Å². The SMILES string of the molecule is CNCCc1ccccc1C(=O)Nc1ccn(C)n1. The zero-order valence-electron chi connectivity index (χ0n) is 11.2. The minimum Gasteiger partial charge on any atom is -0.319 e. The summed E-state index contributed by atoms with van der Waals surface area (Å²) in [6.45, 7) is 0.841. The first-order valence-corrected chi connectivity index (χ1v) is 6.24. The number of anilines is 1. The summed E-state index contributed by atoms with van der Waals surface area (Å²) in [4.78, 5) is 12.2. The molecule has 0 radical (unpaired) electrons. The standard InChI is InChI=1S/C14H18N4O/c1-15-9-7-11-5-3-4-6-12(11)14(19)16-13-8-10-18(2)17-13/h3-6,8,10,15H,7,9H2,1-2H3,(H,16,17,19). The summed E-state index contributed by atoms with van der Waals surface area (Å²) in [5.41, 5.74) is 1.73. The molecule has 0 aliphatic carbocycles. The molecule has 0 bridgehead atoms. The summed E-state index contributed by atoms with van der Waals surface area (Å²) < 4.78 is 1.66. The molecule has 0 saturated heterocycles. The van der Waals surface area contributed by atoms with Crippen LogP contribution in [-0.2, 0) is 13.5 Å². The van der Waals surface area contributed by atoms with Gasteiger partial charge in [-0.2, -0.15) is 5.10 Å². The number of carbonyl (C=O) groups excluding carboxylic acids is 1. The summed E-state index contributed by atoms with van der Waals surface area (Å²) in [6, 6.07) is 9.40. The van der Waals surface area contributed by atoms with Gasteiger partial charge in [-0.15, -0.1) is 0 Å². The van der Waals surface area contributed by atoms with E-state index in [0.29, 0.717) is 11.4 Å². The average Bonchev–Trinajstić information content (AvgIpc) is 2.82. The maximum atomic E-state index is 12.2. The third kappa shape index (κ3) is 3.42. The molecule has 100 valence electrons. The highest BCUT2D eigenvalue weighted by atomic mass is 16.1. The molecule has 0 fully saturated rings. The normalized spacial score (nSPS) is 10.4. The van der Waals surface area contributed by atoms with Gasteiger partial charge in [0.1, 0.15) is 0 Å². The van der Waals surface area contributed by atoms with Crippen molar-refractivity contribution in [3.8, 4) is 0 Å². The van der Waals surface area contributed by atoms with Crippen molar-refractivity contribution in [2.45, 2.75) is 6.42 Å². The maximum Gasteiger partial charge on any atom is 0.257 e. The van der Waals surface area contributed by atoms with Gasteiger partial charge < -0.3 is 10.6 Å². The van der Waals surface area contributed by atoms with E-state index in [9.17, 15) is 4.79 Å². The van der Waals surface area contributed by atoms with Crippen LogP contribution in [0, 0.1) is 0 Å². The Kier molecular flexibility index (Phi) is 4.30. The molecule has 5 heteroatoms. The van der Waals surface area contributed by atoms with Gasteiger partial charge in [0.05, 0.1) is 0 Å². The van der Waals surface area contributed by atoms with Crippen LogP contribution < -0.4 is 10.6 Å². The van der Waals surface area contributed by atoms with E-state index < -0.39 is 0 Å². The van der Waals surface area contributed by atoms with Crippen LogP contribution in [-0.4, -0.2) is 29.3 Å². The maximum absolute atomic E-state index is 12.2. The Balaban J connectivity index is 2.14. The molecule has 0 spiro atoms. The molecule has 1 heterocycles. The van der Waals surface area contributed by atoms with E-state index in [1.165, 1.54) is 0 Å². The Labute approximate surface area is 112 Å². The molecule has 1 amide bonds. The molecule has 0 unspecified atom stereocenters. The third-order valence-corrected chi connectivity index (χ3v) is 2.86. The number of aromatic nitrogens is 2. The van der Waals surface area contributed by atoms with Crippen molar-refractivity contribution in [3.63, 3.8) is 0 Å². The highest BCUT2D eigenvalue weighted by Gasteiger charge is 2.11. The molecule has 5 nitrogen and oxygen atoms in total. The van der Waals surface area contributed by atoms with E-state index in [-0.39, 0.29) is 5.91 Å². The molecule has 2 aromatic rings. The van der Waals surface area contributed by atoms with Crippen LogP contribution in [0.3, 0.4) is 0 Å². The summed E-state index contributed by atoms with van der Waals surface area (Å²) in [5.74, 6) is 0.446. The number of hydrogen-bond donors (Lipinski definition) is 2. The lowest BCUT2D eigenvalue weighted by atomic mass is 10.0. The van der Waals surface area contributed by atoms with Crippen molar-refractivity contribution in [1.29, 1.82) is 0 Å². The Bertz CT molecular complexity index is 562. The minimum atomic E-state index is -0.120. The van der Waals surface area contributed by atoms with Gasteiger partial charge in [0.15, 0.2) is 5.82 Å². The molecule has 1 aromatic heterocycles. The number of rotatable bonds is 5. The quantitative estimate of drug-likeness (QED) is 0.853. The number of likely N-dealkylation sites (N-methyl/N-ethyl adjacent to an activating group) is 1. The van der Waals surface area contributed by atoms with E-state index in [4.69, 9.17) is 0 Å². The second kappa shape index (κ2) is 6.15. The summed E-state index contributed by atoms with van der Waals surface area (Å²) >= 11 is 0. The molecule has 2 rings (SSSR count). The molecule has 0 aliphatic rings. The van der Waals surface area contributed by atoms with E-state index in [0.717, 1.165) is 18.5 Å². The molecule has 0 saturated carbocycles. The van der Waals surface area contributed by atoms with Gasteiger partial charge in [-0.3, -0.25) is 9.48 Å². The van der Waals surface area contributed by atoms with E-state index in [1.807, 2.05) is 38.4 Å². The molecule has 19 heavy (non-hydrogen) atoms. The van der Waals surface area contributed by atoms with Crippen molar-refractivity contribution in [1.82, 2.24) is 15.1 Å². The number of aryl methyl sites for hydroxylation is 1. The van der Waals surface area contributed by atoms with Crippen molar-refractivity contribution in [2.75, 3.05) is 18.9 Å². The Morgan fingerprint density at radius 2 is 2.11 bits per heavy atom. The number of amides is 1. The average molecular weight is 258 g/mol. The minimum absolute atomic E-state index is 0.120. The lowest BCUT2D eigenvalue weighted by molar-refractivity contribution is 0.102. The van der Waals surface area contributed by atoms with Crippen LogP contribution in [0.1, 0.15) is 15.9 Å². The first-order chi connectivity index (χ1) is 9.20. The van der Waals surface area contributed by atoms with Crippen molar-refractivity contribution >= 4 is 11.7 Å². The number of nitrogens with one attached hydrogen (secondary N) is 2. The van der Waals surface area contributed by atoms with E-state index >= 15 is 0 Å². The number of hydrogen-bond acceptors (Lipinski definition) is 3. The Morgan fingerprint density at radius 1 is 1.32 bits per heavy atom.